The van der Waals surface area contributed by atoms with E-state index in [4.69, 9.17) is 0 Å². The van der Waals surface area contributed by atoms with E-state index in [9.17, 15) is 0 Å². The first-order valence-electron chi connectivity index (χ1n) is 7.16. The highest BCUT2D eigenvalue weighted by molar-refractivity contribution is 7.11. The van der Waals surface area contributed by atoms with Gasteiger partial charge in [-0.2, -0.15) is 0 Å². The lowest BCUT2D eigenvalue weighted by atomic mass is 9.98. The van der Waals surface area contributed by atoms with E-state index in [2.05, 4.69) is 62.3 Å². The molecule has 2 nitrogen and oxygen atoms in total. The van der Waals surface area contributed by atoms with E-state index in [0.717, 1.165) is 19.5 Å². The molecule has 0 saturated carbocycles. The molecule has 0 radical (unpaired) electrons. The molecule has 0 saturated heterocycles. The van der Waals surface area contributed by atoms with Gasteiger partial charge in [0, 0.05) is 23.0 Å². The molecule has 0 unspecified atom stereocenters. The predicted molar refractivity (Wildman–Crippen MR) is 87.4 cm³/mol. The summed E-state index contributed by atoms with van der Waals surface area (Å²) >= 11 is 1.81. The van der Waals surface area contributed by atoms with Crippen molar-refractivity contribution in [3.05, 3.63) is 51.5 Å². The van der Waals surface area contributed by atoms with E-state index >= 15 is 0 Å². The number of rotatable bonds is 5. The second-order valence-electron chi connectivity index (χ2n) is 6.30. The third-order valence-electron chi connectivity index (χ3n) is 3.17. The lowest BCUT2D eigenvalue weighted by Crippen LogP contribution is -2.16. The molecular formula is C17H24N2S. The van der Waals surface area contributed by atoms with Crippen LogP contribution >= 0.6 is 11.3 Å². The third kappa shape index (κ3) is 4.43. The second kappa shape index (κ2) is 6.51. The third-order valence-corrected chi connectivity index (χ3v) is 4.59. The van der Waals surface area contributed by atoms with E-state index in [1.54, 1.807) is 0 Å². The zero-order valence-corrected chi connectivity index (χ0v) is 13.7. The van der Waals surface area contributed by atoms with Gasteiger partial charge in [-0.1, -0.05) is 50.6 Å². The molecule has 1 aromatic heterocycles. The highest BCUT2D eigenvalue weighted by Crippen LogP contribution is 2.26. The van der Waals surface area contributed by atoms with Gasteiger partial charge in [-0.05, 0) is 25.5 Å². The number of nitrogens with one attached hydrogen (secondary N) is 1. The molecule has 1 aromatic carbocycles. The van der Waals surface area contributed by atoms with Gasteiger partial charge in [0.2, 0.25) is 0 Å². The molecule has 0 bridgehead atoms. The molecule has 0 spiro atoms. The summed E-state index contributed by atoms with van der Waals surface area (Å²) in [7, 11) is 0. The molecule has 20 heavy (non-hydrogen) atoms. The topological polar surface area (TPSA) is 24.9 Å². The fourth-order valence-electron chi connectivity index (χ4n) is 2.05. The van der Waals surface area contributed by atoms with Gasteiger partial charge >= 0.3 is 0 Å². The molecule has 0 atom stereocenters. The standard InChI is InChI=1S/C17H24N2S/c1-13-6-5-7-14(10-13)8-9-18-11-15-12-19-16(20-15)17(2,3)4/h5-7,10,12,18H,8-9,11H2,1-4H3. The van der Waals surface area contributed by atoms with Crippen LogP contribution in [-0.2, 0) is 18.4 Å². The maximum atomic E-state index is 4.51. The Morgan fingerprint density at radius 1 is 1.25 bits per heavy atom. The smallest absolute Gasteiger partial charge is 0.0981 e. The summed E-state index contributed by atoms with van der Waals surface area (Å²) in [6.45, 7) is 10.7. The van der Waals surface area contributed by atoms with Gasteiger partial charge in [-0.3, -0.25) is 0 Å². The lowest BCUT2D eigenvalue weighted by molar-refractivity contribution is 0.585. The molecule has 0 aliphatic heterocycles. The Bertz CT molecular complexity index is 552. The first-order valence-corrected chi connectivity index (χ1v) is 7.98. The van der Waals surface area contributed by atoms with Crippen molar-refractivity contribution in [2.75, 3.05) is 6.54 Å². The van der Waals surface area contributed by atoms with E-state index in [0.29, 0.717) is 0 Å². The van der Waals surface area contributed by atoms with Crippen LogP contribution < -0.4 is 5.32 Å². The second-order valence-corrected chi connectivity index (χ2v) is 7.41. The van der Waals surface area contributed by atoms with Crippen molar-refractivity contribution in [1.29, 1.82) is 0 Å². The van der Waals surface area contributed by atoms with Crippen LogP contribution in [-0.4, -0.2) is 11.5 Å². The average molecular weight is 288 g/mol. The average Bonchev–Trinajstić information content (AvgIpc) is 2.83. The van der Waals surface area contributed by atoms with E-state index in [1.807, 2.05) is 17.5 Å². The van der Waals surface area contributed by atoms with Crippen LogP contribution in [0, 0.1) is 6.92 Å². The van der Waals surface area contributed by atoms with Crippen LogP contribution in [0.25, 0.3) is 0 Å². The molecule has 0 aliphatic carbocycles. The number of hydrogen-bond acceptors (Lipinski definition) is 3. The number of thiazole rings is 1. The molecule has 0 fully saturated rings. The monoisotopic (exact) mass is 288 g/mol. The van der Waals surface area contributed by atoms with Crippen LogP contribution in [0.1, 0.15) is 41.8 Å². The van der Waals surface area contributed by atoms with Gasteiger partial charge in [0.15, 0.2) is 0 Å². The van der Waals surface area contributed by atoms with Crippen molar-refractivity contribution in [3.8, 4) is 0 Å². The molecule has 1 N–H and O–H groups in total. The SMILES string of the molecule is Cc1cccc(CCNCc2cnc(C(C)(C)C)s2)c1. The highest BCUT2D eigenvalue weighted by atomic mass is 32.1. The summed E-state index contributed by atoms with van der Waals surface area (Å²) < 4.78 is 0. The summed E-state index contributed by atoms with van der Waals surface area (Å²) in [6, 6.07) is 8.72. The number of hydrogen-bond donors (Lipinski definition) is 1. The first kappa shape index (κ1) is 15.2. The van der Waals surface area contributed by atoms with Crippen molar-refractivity contribution in [3.63, 3.8) is 0 Å². The Labute approximate surface area is 126 Å². The van der Waals surface area contributed by atoms with Crippen LogP contribution in [0.15, 0.2) is 30.5 Å². The molecular weight excluding hydrogens is 264 g/mol. The van der Waals surface area contributed by atoms with Gasteiger partial charge in [0.25, 0.3) is 0 Å². The van der Waals surface area contributed by atoms with Crippen LogP contribution in [0.2, 0.25) is 0 Å². The fraction of sp³-hybridized carbons (Fsp3) is 0.471. The van der Waals surface area contributed by atoms with Crippen molar-refractivity contribution in [1.82, 2.24) is 10.3 Å². The normalized spacial score (nSPS) is 11.8. The summed E-state index contributed by atoms with van der Waals surface area (Å²) in [4.78, 5) is 5.83. The molecule has 2 aromatic rings. The maximum Gasteiger partial charge on any atom is 0.0981 e. The zero-order chi connectivity index (χ0) is 14.6. The number of benzene rings is 1. The lowest BCUT2D eigenvalue weighted by Gasteiger charge is -2.13. The van der Waals surface area contributed by atoms with Crippen LogP contribution in [0.5, 0.6) is 0 Å². The molecule has 0 aliphatic rings. The zero-order valence-electron chi connectivity index (χ0n) is 12.9. The Morgan fingerprint density at radius 2 is 2.05 bits per heavy atom. The summed E-state index contributed by atoms with van der Waals surface area (Å²) in [5.74, 6) is 0. The highest BCUT2D eigenvalue weighted by Gasteiger charge is 2.17. The number of aryl methyl sites for hydroxylation is 1. The molecule has 2 rings (SSSR count). The van der Waals surface area contributed by atoms with Crippen LogP contribution in [0.3, 0.4) is 0 Å². The van der Waals surface area contributed by atoms with Crippen molar-refractivity contribution in [2.24, 2.45) is 0 Å². The van der Waals surface area contributed by atoms with E-state index < -0.39 is 0 Å². The summed E-state index contributed by atoms with van der Waals surface area (Å²) in [6.07, 6.45) is 3.08. The minimum Gasteiger partial charge on any atom is -0.311 e. The van der Waals surface area contributed by atoms with E-state index in [-0.39, 0.29) is 5.41 Å². The van der Waals surface area contributed by atoms with Gasteiger partial charge in [-0.25, -0.2) is 4.98 Å². The molecule has 1 heterocycles. The Hall–Kier alpha value is -1.19. The van der Waals surface area contributed by atoms with Crippen LogP contribution in [0.4, 0.5) is 0 Å². The molecule has 108 valence electrons. The largest absolute Gasteiger partial charge is 0.311 e. The van der Waals surface area contributed by atoms with Gasteiger partial charge < -0.3 is 5.32 Å². The number of aromatic nitrogens is 1. The van der Waals surface area contributed by atoms with Gasteiger partial charge in [-0.15, -0.1) is 11.3 Å². The predicted octanol–water partition coefficient (Wildman–Crippen LogP) is 4.08. The Balaban J connectivity index is 1.77. The van der Waals surface area contributed by atoms with Gasteiger partial charge in [0.1, 0.15) is 0 Å². The maximum absolute atomic E-state index is 4.51. The minimum absolute atomic E-state index is 0.157. The van der Waals surface area contributed by atoms with Crippen molar-refractivity contribution in [2.45, 2.75) is 46.1 Å². The van der Waals surface area contributed by atoms with E-state index in [1.165, 1.54) is 21.0 Å². The fourth-order valence-corrected chi connectivity index (χ4v) is 2.99. The summed E-state index contributed by atoms with van der Waals surface area (Å²) in [5.41, 5.74) is 2.89. The first-order chi connectivity index (χ1) is 9.45. The van der Waals surface area contributed by atoms with Crippen molar-refractivity contribution >= 4 is 11.3 Å². The Kier molecular flexibility index (Phi) is 4.95. The Morgan fingerprint density at radius 3 is 2.70 bits per heavy atom. The molecule has 3 heteroatoms. The quantitative estimate of drug-likeness (QED) is 0.839. The van der Waals surface area contributed by atoms with Crippen molar-refractivity contribution < 1.29 is 0 Å². The minimum atomic E-state index is 0.157. The number of nitrogens with zero attached hydrogens (tertiary/aromatic N) is 1. The van der Waals surface area contributed by atoms with Gasteiger partial charge in [0.05, 0.1) is 5.01 Å². The molecule has 0 amide bonds. The summed E-state index contributed by atoms with van der Waals surface area (Å²) in [5, 5.41) is 4.72.